The first kappa shape index (κ1) is 16.6. The fourth-order valence-corrected chi connectivity index (χ4v) is 3.14. The number of hydrogen-bond donors (Lipinski definition) is 1. The zero-order chi connectivity index (χ0) is 15.9. The average Bonchev–Trinajstić information content (AvgIpc) is 3.14. The Labute approximate surface area is 137 Å². The number of thiazole rings is 1. The molecule has 0 aromatic carbocycles. The Morgan fingerprint density at radius 1 is 1.36 bits per heavy atom. The third-order valence-corrected chi connectivity index (χ3v) is 4.43. The molecular formula is C15H18N2O3S2. The van der Waals surface area contributed by atoms with Crippen LogP contribution in [0.25, 0.3) is 10.6 Å². The standard InChI is InChI=1S/C15H18N2O3S2/c1-10(2)3-5-16-13(18)7-20-15(19)12-9-22-14(17-12)11-4-6-21-8-11/h4,6,8-10H,3,5,7H2,1-2H3,(H,16,18). The molecule has 0 aliphatic carbocycles. The number of thiophene rings is 1. The molecule has 1 amide bonds. The monoisotopic (exact) mass is 338 g/mol. The van der Waals surface area contributed by atoms with Crippen molar-refractivity contribution >= 4 is 34.6 Å². The van der Waals surface area contributed by atoms with Crippen LogP contribution in [0.15, 0.2) is 22.2 Å². The highest BCUT2D eigenvalue weighted by Crippen LogP contribution is 2.25. The molecule has 118 valence electrons. The van der Waals surface area contributed by atoms with Crippen molar-refractivity contribution in [1.29, 1.82) is 0 Å². The van der Waals surface area contributed by atoms with Gasteiger partial charge in [0.05, 0.1) is 0 Å². The van der Waals surface area contributed by atoms with E-state index in [0.29, 0.717) is 12.5 Å². The van der Waals surface area contributed by atoms with E-state index in [1.54, 1.807) is 16.7 Å². The lowest BCUT2D eigenvalue weighted by Gasteiger charge is -2.07. The number of carbonyl (C=O) groups is 2. The van der Waals surface area contributed by atoms with E-state index in [-0.39, 0.29) is 18.2 Å². The van der Waals surface area contributed by atoms with Gasteiger partial charge in [-0.05, 0) is 23.8 Å². The van der Waals surface area contributed by atoms with Gasteiger partial charge in [-0.1, -0.05) is 13.8 Å². The van der Waals surface area contributed by atoms with Gasteiger partial charge in [-0.2, -0.15) is 11.3 Å². The predicted octanol–water partition coefficient (Wildman–Crippen LogP) is 3.19. The van der Waals surface area contributed by atoms with E-state index in [1.165, 1.54) is 11.3 Å². The van der Waals surface area contributed by atoms with Gasteiger partial charge < -0.3 is 10.1 Å². The Balaban J connectivity index is 1.79. The van der Waals surface area contributed by atoms with Crippen LogP contribution in [0.3, 0.4) is 0 Å². The quantitative estimate of drug-likeness (QED) is 0.787. The molecular weight excluding hydrogens is 320 g/mol. The van der Waals surface area contributed by atoms with Gasteiger partial charge in [0, 0.05) is 22.9 Å². The van der Waals surface area contributed by atoms with Crippen LogP contribution in [0.1, 0.15) is 30.8 Å². The summed E-state index contributed by atoms with van der Waals surface area (Å²) in [7, 11) is 0. The van der Waals surface area contributed by atoms with Crippen LogP contribution in [0.2, 0.25) is 0 Å². The third-order valence-electron chi connectivity index (χ3n) is 2.86. The summed E-state index contributed by atoms with van der Waals surface area (Å²) in [5.41, 5.74) is 1.22. The van der Waals surface area contributed by atoms with Gasteiger partial charge in [0.25, 0.3) is 5.91 Å². The Bertz CT molecular complexity index is 621. The molecule has 1 N–H and O–H groups in total. The van der Waals surface area contributed by atoms with Crippen LogP contribution in [-0.4, -0.2) is 30.0 Å². The minimum Gasteiger partial charge on any atom is -0.451 e. The number of aromatic nitrogens is 1. The molecule has 0 saturated heterocycles. The second kappa shape index (κ2) is 8.05. The lowest BCUT2D eigenvalue weighted by molar-refractivity contribution is -0.124. The molecule has 7 heteroatoms. The number of ether oxygens (including phenoxy) is 1. The SMILES string of the molecule is CC(C)CCNC(=O)COC(=O)c1csc(-c2ccsc2)n1. The van der Waals surface area contributed by atoms with Gasteiger partial charge in [-0.15, -0.1) is 11.3 Å². The van der Waals surface area contributed by atoms with Crippen molar-refractivity contribution in [3.8, 4) is 10.6 Å². The van der Waals surface area contributed by atoms with E-state index < -0.39 is 5.97 Å². The number of rotatable bonds is 7. The minimum absolute atomic E-state index is 0.237. The second-order valence-corrected chi connectivity index (χ2v) is 6.80. The maximum absolute atomic E-state index is 11.9. The molecule has 0 saturated carbocycles. The topological polar surface area (TPSA) is 68.3 Å². The summed E-state index contributed by atoms with van der Waals surface area (Å²) in [6.45, 7) is 4.48. The van der Waals surface area contributed by atoms with Gasteiger partial charge in [0.2, 0.25) is 0 Å². The maximum atomic E-state index is 11.9. The van der Waals surface area contributed by atoms with Gasteiger partial charge in [-0.25, -0.2) is 9.78 Å². The number of amides is 1. The van der Waals surface area contributed by atoms with Gasteiger partial charge in [0.15, 0.2) is 12.3 Å². The molecule has 22 heavy (non-hydrogen) atoms. The first-order valence-electron chi connectivity index (χ1n) is 6.98. The van der Waals surface area contributed by atoms with Crippen LogP contribution in [-0.2, 0) is 9.53 Å². The Hall–Kier alpha value is -1.73. The first-order chi connectivity index (χ1) is 10.6. The van der Waals surface area contributed by atoms with E-state index in [0.717, 1.165) is 17.0 Å². The molecule has 5 nitrogen and oxygen atoms in total. The maximum Gasteiger partial charge on any atom is 0.358 e. The molecule has 0 atom stereocenters. The summed E-state index contributed by atoms with van der Waals surface area (Å²) in [5, 5.41) is 9.06. The third kappa shape index (κ3) is 4.92. The minimum atomic E-state index is -0.572. The predicted molar refractivity (Wildman–Crippen MR) is 88.2 cm³/mol. The Morgan fingerprint density at radius 2 is 2.18 bits per heavy atom. The summed E-state index contributed by atoms with van der Waals surface area (Å²) in [4.78, 5) is 27.6. The van der Waals surface area contributed by atoms with Crippen molar-refractivity contribution in [1.82, 2.24) is 10.3 Å². The van der Waals surface area contributed by atoms with Crippen molar-refractivity contribution in [2.45, 2.75) is 20.3 Å². The molecule has 2 aromatic heterocycles. The molecule has 0 aliphatic rings. The summed E-state index contributed by atoms with van der Waals surface area (Å²) in [6.07, 6.45) is 0.899. The zero-order valence-electron chi connectivity index (χ0n) is 12.5. The normalized spacial score (nSPS) is 10.7. The van der Waals surface area contributed by atoms with E-state index >= 15 is 0 Å². The van der Waals surface area contributed by atoms with E-state index in [4.69, 9.17) is 4.74 Å². The number of nitrogens with zero attached hydrogens (tertiary/aromatic N) is 1. The molecule has 0 bridgehead atoms. The molecule has 0 radical (unpaired) electrons. The first-order valence-corrected chi connectivity index (χ1v) is 8.80. The highest BCUT2D eigenvalue weighted by Gasteiger charge is 2.15. The van der Waals surface area contributed by atoms with Crippen LogP contribution in [0.4, 0.5) is 0 Å². The van der Waals surface area contributed by atoms with Crippen molar-refractivity contribution in [2.75, 3.05) is 13.2 Å². The second-order valence-electron chi connectivity index (χ2n) is 5.16. The van der Waals surface area contributed by atoms with Gasteiger partial charge in [-0.3, -0.25) is 4.79 Å². The van der Waals surface area contributed by atoms with Crippen molar-refractivity contribution < 1.29 is 14.3 Å². The fourth-order valence-electron chi connectivity index (χ4n) is 1.64. The van der Waals surface area contributed by atoms with Crippen LogP contribution < -0.4 is 5.32 Å². The number of carbonyl (C=O) groups excluding carboxylic acids is 2. The smallest absolute Gasteiger partial charge is 0.358 e. The molecule has 0 unspecified atom stereocenters. The van der Waals surface area contributed by atoms with Crippen LogP contribution in [0, 0.1) is 5.92 Å². The van der Waals surface area contributed by atoms with E-state index in [1.807, 2.05) is 16.8 Å². The zero-order valence-corrected chi connectivity index (χ0v) is 14.1. The summed E-state index contributed by atoms with van der Waals surface area (Å²) in [5.74, 6) is -0.340. The Kier molecular flexibility index (Phi) is 6.09. The van der Waals surface area contributed by atoms with Crippen molar-refractivity contribution in [3.05, 3.63) is 27.9 Å². The van der Waals surface area contributed by atoms with Crippen LogP contribution >= 0.6 is 22.7 Å². The molecule has 0 spiro atoms. The summed E-state index contributed by atoms with van der Waals surface area (Å²) in [6, 6.07) is 1.95. The fraction of sp³-hybridized carbons (Fsp3) is 0.400. The lowest BCUT2D eigenvalue weighted by Crippen LogP contribution is -2.30. The number of nitrogens with one attached hydrogen (secondary N) is 1. The summed E-state index contributed by atoms with van der Waals surface area (Å²) >= 11 is 2.95. The summed E-state index contributed by atoms with van der Waals surface area (Å²) < 4.78 is 4.97. The van der Waals surface area contributed by atoms with Crippen molar-refractivity contribution in [3.63, 3.8) is 0 Å². The highest BCUT2D eigenvalue weighted by molar-refractivity contribution is 7.14. The molecule has 2 rings (SSSR count). The van der Waals surface area contributed by atoms with Crippen LogP contribution in [0.5, 0.6) is 0 Å². The number of esters is 1. The van der Waals surface area contributed by atoms with E-state index in [2.05, 4.69) is 24.1 Å². The largest absolute Gasteiger partial charge is 0.451 e. The van der Waals surface area contributed by atoms with Crippen molar-refractivity contribution in [2.24, 2.45) is 5.92 Å². The molecule has 0 fully saturated rings. The van der Waals surface area contributed by atoms with Gasteiger partial charge in [0.1, 0.15) is 5.01 Å². The van der Waals surface area contributed by atoms with Gasteiger partial charge >= 0.3 is 5.97 Å². The highest BCUT2D eigenvalue weighted by atomic mass is 32.1. The van der Waals surface area contributed by atoms with E-state index in [9.17, 15) is 9.59 Å². The average molecular weight is 338 g/mol. The Morgan fingerprint density at radius 3 is 2.86 bits per heavy atom. The molecule has 0 aliphatic heterocycles. The lowest BCUT2D eigenvalue weighted by atomic mass is 10.1. The number of hydrogen-bond acceptors (Lipinski definition) is 6. The molecule has 2 heterocycles. The molecule has 2 aromatic rings.